The van der Waals surface area contributed by atoms with Crippen molar-refractivity contribution >= 4 is 28.6 Å². The van der Waals surface area contributed by atoms with E-state index in [0.29, 0.717) is 31.8 Å². The van der Waals surface area contributed by atoms with E-state index in [1.54, 1.807) is 18.3 Å². The minimum Gasteiger partial charge on any atom is -0.366 e. The topological polar surface area (TPSA) is 106 Å². The Bertz CT molecular complexity index is 831. The van der Waals surface area contributed by atoms with Crippen LogP contribution in [0.5, 0.6) is 0 Å². The van der Waals surface area contributed by atoms with Gasteiger partial charge in [-0.1, -0.05) is 0 Å². The first-order chi connectivity index (χ1) is 10.2. The molecule has 2 N–H and O–H groups in total. The highest BCUT2D eigenvalue weighted by Gasteiger charge is 2.16. The molecule has 0 unspecified atom stereocenters. The lowest BCUT2D eigenvalue weighted by molar-refractivity contribution is 0.1000. The zero-order chi connectivity index (χ0) is 14.8. The number of rotatable bonds is 3. The van der Waals surface area contributed by atoms with Crippen molar-refractivity contribution < 1.29 is 4.79 Å². The molecule has 0 spiro atoms. The standard InChI is InChI=1S/C13H7N5OS2/c14-5-9-10(13-16-3-4-20-13)18-12(21-9)8-2-1-7(6-17-8)11(15)19/h1-4,6H,(H2,15,19). The fourth-order valence-electron chi connectivity index (χ4n) is 1.66. The van der Waals surface area contributed by atoms with E-state index in [1.165, 1.54) is 28.9 Å². The largest absolute Gasteiger partial charge is 0.366 e. The van der Waals surface area contributed by atoms with Crippen molar-refractivity contribution in [2.45, 2.75) is 0 Å². The van der Waals surface area contributed by atoms with E-state index in [0.717, 1.165) is 0 Å². The van der Waals surface area contributed by atoms with Crippen LogP contribution in [0.2, 0.25) is 0 Å². The van der Waals surface area contributed by atoms with Crippen LogP contribution in [0, 0.1) is 11.3 Å². The van der Waals surface area contributed by atoms with E-state index in [4.69, 9.17) is 5.73 Å². The number of nitriles is 1. The third-order valence-corrected chi connectivity index (χ3v) is 4.39. The number of amides is 1. The molecule has 3 heterocycles. The molecule has 0 saturated carbocycles. The molecule has 3 aromatic heterocycles. The normalized spacial score (nSPS) is 10.2. The number of aromatic nitrogens is 3. The smallest absolute Gasteiger partial charge is 0.250 e. The number of primary amides is 1. The third-order valence-electron chi connectivity index (χ3n) is 2.63. The van der Waals surface area contributed by atoms with Crippen LogP contribution in [0.4, 0.5) is 0 Å². The highest BCUT2D eigenvalue weighted by Crippen LogP contribution is 2.33. The molecule has 102 valence electrons. The van der Waals surface area contributed by atoms with Gasteiger partial charge in [-0.2, -0.15) is 5.26 Å². The first-order valence-electron chi connectivity index (χ1n) is 5.76. The van der Waals surface area contributed by atoms with Gasteiger partial charge >= 0.3 is 0 Å². The zero-order valence-electron chi connectivity index (χ0n) is 10.5. The molecule has 0 saturated heterocycles. The van der Waals surface area contributed by atoms with E-state index in [-0.39, 0.29) is 0 Å². The van der Waals surface area contributed by atoms with E-state index in [9.17, 15) is 10.1 Å². The van der Waals surface area contributed by atoms with Crippen molar-refractivity contribution in [2.24, 2.45) is 5.73 Å². The molecule has 0 fully saturated rings. The summed E-state index contributed by atoms with van der Waals surface area (Å²) in [6.45, 7) is 0. The van der Waals surface area contributed by atoms with Crippen LogP contribution in [0.3, 0.4) is 0 Å². The molecular weight excluding hydrogens is 306 g/mol. The first kappa shape index (κ1) is 13.4. The molecule has 3 aromatic rings. The van der Waals surface area contributed by atoms with Gasteiger partial charge in [0.1, 0.15) is 26.7 Å². The van der Waals surface area contributed by atoms with Gasteiger partial charge in [0.2, 0.25) is 5.91 Å². The monoisotopic (exact) mass is 313 g/mol. The molecular formula is C13H7N5OS2. The second kappa shape index (κ2) is 5.40. The summed E-state index contributed by atoms with van der Waals surface area (Å²) in [7, 11) is 0. The van der Waals surface area contributed by atoms with Crippen molar-refractivity contribution in [3.05, 3.63) is 40.3 Å². The Hall–Kier alpha value is -2.63. The summed E-state index contributed by atoms with van der Waals surface area (Å²) < 4.78 is 0. The van der Waals surface area contributed by atoms with Crippen molar-refractivity contribution in [3.8, 4) is 27.5 Å². The second-order valence-electron chi connectivity index (χ2n) is 3.94. The molecule has 0 radical (unpaired) electrons. The molecule has 0 aliphatic rings. The van der Waals surface area contributed by atoms with E-state index >= 15 is 0 Å². The quantitative estimate of drug-likeness (QED) is 0.798. The highest BCUT2D eigenvalue weighted by atomic mass is 32.1. The predicted octanol–water partition coefficient (Wildman–Crippen LogP) is 2.30. The number of nitrogens with zero attached hydrogens (tertiary/aromatic N) is 4. The van der Waals surface area contributed by atoms with Crippen LogP contribution in [-0.4, -0.2) is 20.9 Å². The van der Waals surface area contributed by atoms with Crippen LogP contribution in [0.1, 0.15) is 15.2 Å². The van der Waals surface area contributed by atoms with Crippen LogP contribution >= 0.6 is 22.7 Å². The summed E-state index contributed by atoms with van der Waals surface area (Å²) in [6, 6.07) is 5.37. The van der Waals surface area contributed by atoms with Crippen molar-refractivity contribution in [1.29, 1.82) is 5.26 Å². The fourth-order valence-corrected chi connectivity index (χ4v) is 3.19. The van der Waals surface area contributed by atoms with Crippen molar-refractivity contribution in [3.63, 3.8) is 0 Å². The number of carbonyl (C=O) groups excluding carboxylic acids is 1. The van der Waals surface area contributed by atoms with Crippen molar-refractivity contribution in [2.75, 3.05) is 0 Å². The summed E-state index contributed by atoms with van der Waals surface area (Å²) >= 11 is 2.66. The van der Waals surface area contributed by atoms with Gasteiger partial charge in [-0.25, -0.2) is 9.97 Å². The maximum Gasteiger partial charge on any atom is 0.250 e. The molecule has 0 aliphatic heterocycles. The SMILES string of the molecule is N#Cc1sc(-c2ccc(C(N)=O)cn2)nc1-c1nccs1. The first-order valence-corrected chi connectivity index (χ1v) is 7.45. The molecule has 6 nitrogen and oxygen atoms in total. The average molecular weight is 313 g/mol. The Balaban J connectivity index is 2.04. The van der Waals surface area contributed by atoms with Gasteiger partial charge in [-0.3, -0.25) is 9.78 Å². The summed E-state index contributed by atoms with van der Waals surface area (Å²) in [5.41, 5.74) is 6.65. The lowest BCUT2D eigenvalue weighted by Crippen LogP contribution is -2.10. The Morgan fingerprint density at radius 3 is 2.71 bits per heavy atom. The molecule has 0 bridgehead atoms. The number of nitrogens with two attached hydrogens (primary N) is 1. The maximum atomic E-state index is 11.0. The number of pyridine rings is 1. The average Bonchev–Trinajstić information content (AvgIpc) is 3.16. The summed E-state index contributed by atoms with van der Waals surface area (Å²) in [5, 5.41) is 12.3. The van der Waals surface area contributed by atoms with Gasteiger partial charge in [0, 0.05) is 17.8 Å². The van der Waals surface area contributed by atoms with Gasteiger partial charge in [0.25, 0.3) is 0 Å². The van der Waals surface area contributed by atoms with Gasteiger partial charge in [-0.05, 0) is 12.1 Å². The Labute approximate surface area is 127 Å². The molecule has 0 aromatic carbocycles. The highest BCUT2D eigenvalue weighted by molar-refractivity contribution is 7.17. The fraction of sp³-hybridized carbons (Fsp3) is 0. The van der Waals surface area contributed by atoms with Crippen molar-refractivity contribution in [1.82, 2.24) is 15.0 Å². The van der Waals surface area contributed by atoms with E-state index < -0.39 is 5.91 Å². The zero-order valence-corrected chi connectivity index (χ0v) is 12.1. The Morgan fingerprint density at radius 1 is 1.29 bits per heavy atom. The van der Waals surface area contributed by atoms with Crippen LogP contribution in [0.25, 0.3) is 21.4 Å². The summed E-state index contributed by atoms with van der Waals surface area (Å²) in [6.07, 6.45) is 3.06. The minimum atomic E-state index is -0.533. The number of hydrogen-bond donors (Lipinski definition) is 1. The van der Waals surface area contributed by atoms with Crippen LogP contribution < -0.4 is 5.73 Å². The molecule has 0 aliphatic carbocycles. The van der Waals surface area contributed by atoms with Gasteiger partial charge < -0.3 is 5.73 Å². The minimum absolute atomic E-state index is 0.330. The van der Waals surface area contributed by atoms with E-state index in [2.05, 4.69) is 21.0 Å². The maximum absolute atomic E-state index is 11.0. The molecule has 8 heteroatoms. The summed E-state index contributed by atoms with van der Waals surface area (Å²) in [4.78, 5) is 24.3. The third kappa shape index (κ3) is 2.52. The lowest BCUT2D eigenvalue weighted by atomic mass is 10.2. The van der Waals surface area contributed by atoms with Gasteiger partial charge in [0.15, 0.2) is 0 Å². The van der Waals surface area contributed by atoms with Gasteiger partial charge in [0.05, 0.1) is 11.3 Å². The number of thiazole rings is 2. The molecule has 3 rings (SSSR count). The molecule has 1 amide bonds. The molecule has 0 atom stereocenters. The second-order valence-corrected chi connectivity index (χ2v) is 5.84. The Kier molecular flexibility index (Phi) is 3.43. The van der Waals surface area contributed by atoms with Crippen LogP contribution in [0.15, 0.2) is 29.9 Å². The van der Waals surface area contributed by atoms with Gasteiger partial charge in [-0.15, -0.1) is 22.7 Å². The Morgan fingerprint density at radius 2 is 2.14 bits per heavy atom. The molecule has 21 heavy (non-hydrogen) atoms. The van der Waals surface area contributed by atoms with Crippen LogP contribution in [-0.2, 0) is 0 Å². The lowest BCUT2D eigenvalue weighted by Gasteiger charge is -1.97. The predicted molar refractivity (Wildman–Crippen MR) is 79.7 cm³/mol. The summed E-state index contributed by atoms with van der Waals surface area (Å²) in [5.74, 6) is -0.533. The number of carbonyl (C=O) groups is 1. The van der Waals surface area contributed by atoms with E-state index in [1.807, 2.05) is 5.38 Å². The number of hydrogen-bond acceptors (Lipinski definition) is 7.